The number of nitrogens with one attached hydrogen (secondary N) is 1. The SMILES string of the molecule is O=C(CN1CCN(c2ccccc2)CC1)NCc1cc(-c2ccco2)n(-c2ccccc2)n1. The molecule has 1 aliphatic rings. The number of nitrogens with zero attached hydrogens (tertiary/aromatic N) is 4. The number of para-hydroxylation sites is 2. The summed E-state index contributed by atoms with van der Waals surface area (Å²) in [6.45, 7) is 4.35. The van der Waals surface area contributed by atoms with Crippen LogP contribution in [0.1, 0.15) is 5.69 Å². The molecule has 1 amide bonds. The van der Waals surface area contributed by atoms with Gasteiger partial charge in [0.25, 0.3) is 0 Å². The minimum atomic E-state index is 0.0111. The number of amides is 1. The van der Waals surface area contributed by atoms with Crippen LogP contribution in [-0.4, -0.2) is 53.3 Å². The second-order valence-electron chi connectivity index (χ2n) is 8.12. The number of rotatable bonds is 7. The molecule has 0 atom stereocenters. The minimum absolute atomic E-state index is 0.0111. The first-order chi connectivity index (χ1) is 16.3. The highest BCUT2D eigenvalue weighted by Crippen LogP contribution is 2.24. The Bertz CT molecular complexity index is 1160. The quantitative estimate of drug-likeness (QED) is 0.475. The fourth-order valence-electron chi connectivity index (χ4n) is 4.13. The van der Waals surface area contributed by atoms with Gasteiger partial charge < -0.3 is 14.6 Å². The van der Waals surface area contributed by atoms with Gasteiger partial charge in [0.05, 0.1) is 30.7 Å². The number of aromatic nitrogens is 2. The van der Waals surface area contributed by atoms with Crippen LogP contribution in [0.15, 0.2) is 89.5 Å². The van der Waals surface area contributed by atoms with Crippen LogP contribution in [0.3, 0.4) is 0 Å². The number of piperazine rings is 1. The molecule has 0 bridgehead atoms. The lowest BCUT2D eigenvalue weighted by molar-refractivity contribution is -0.122. The average molecular weight is 442 g/mol. The van der Waals surface area contributed by atoms with Gasteiger partial charge >= 0.3 is 0 Å². The van der Waals surface area contributed by atoms with Gasteiger partial charge in [0, 0.05) is 31.9 Å². The average Bonchev–Trinajstić information content (AvgIpc) is 3.55. The van der Waals surface area contributed by atoms with Gasteiger partial charge in [-0.15, -0.1) is 0 Å². The van der Waals surface area contributed by atoms with Crippen molar-refractivity contribution in [1.29, 1.82) is 0 Å². The molecule has 4 aromatic rings. The van der Waals surface area contributed by atoms with Crippen molar-refractivity contribution < 1.29 is 9.21 Å². The summed E-state index contributed by atoms with van der Waals surface area (Å²) in [7, 11) is 0. The van der Waals surface area contributed by atoms with Gasteiger partial charge in [-0.25, -0.2) is 4.68 Å². The summed E-state index contributed by atoms with van der Waals surface area (Å²) in [5.41, 5.74) is 3.82. The number of hydrogen-bond acceptors (Lipinski definition) is 5. The third-order valence-electron chi connectivity index (χ3n) is 5.86. The lowest BCUT2D eigenvalue weighted by Gasteiger charge is -2.35. The first kappa shape index (κ1) is 21.0. The maximum Gasteiger partial charge on any atom is 0.234 e. The number of benzene rings is 2. The monoisotopic (exact) mass is 441 g/mol. The normalized spacial score (nSPS) is 14.4. The Morgan fingerprint density at radius 1 is 0.879 bits per heavy atom. The first-order valence-corrected chi connectivity index (χ1v) is 11.2. The van der Waals surface area contributed by atoms with E-state index < -0.39 is 0 Å². The number of carbonyl (C=O) groups is 1. The molecule has 7 nitrogen and oxygen atoms in total. The van der Waals surface area contributed by atoms with E-state index in [1.165, 1.54) is 5.69 Å². The van der Waals surface area contributed by atoms with Crippen molar-refractivity contribution in [2.75, 3.05) is 37.6 Å². The summed E-state index contributed by atoms with van der Waals surface area (Å²) >= 11 is 0. The van der Waals surface area contributed by atoms with Crippen molar-refractivity contribution in [1.82, 2.24) is 20.0 Å². The second kappa shape index (κ2) is 9.75. The molecule has 1 saturated heterocycles. The summed E-state index contributed by atoms with van der Waals surface area (Å²) < 4.78 is 7.45. The molecular weight excluding hydrogens is 414 g/mol. The Balaban J connectivity index is 1.18. The Morgan fingerprint density at radius 2 is 1.58 bits per heavy atom. The van der Waals surface area contributed by atoms with E-state index in [1.807, 2.05) is 59.3 Å². The van der Waals surface area contributed by atoms with E-state index in [4.69, 9.17) is 9.52 Å². The maximum absolute atomic E-state index is 12.6. The molecule has 0 radical (unpaired) electrons. The largest absolute Gasteiger partial charge is 0.463 e. The van der Waals surface area contributed by atoms with Crippen LogP contribution in [0.2, 0.25) is 0 Å². The molecule has 3 heterocycles. The van der Waals surface area contributed by atoms with Gasteiger partial charge in [-0.3, -0.25) is 9.69 Å². The highest BCUT2D eigenvalue weighted by molar-refractivity contribution is 5.78. The summed E-state index contributed by atoms with van der Waals surface area (Å²) in [4.78, 5) is 17.2. The van der Waals surface area contributed by atoms with E-state index in [9.17, 15) is 4.79 Å². The molecule has 0 unspecified atom stereocenters. The van der Waals surface area contributed by atoms with Crippen LogP contribution in [-0.2, 0) is 11.3 Å². The predicted octanol–water partition coefficient (Wildman–Crippen LogP) is 3.57. The predicted molar refractivity (Wildman–Crippen MR) is 128 cm³/mol. The summed E-state index contributed by atoms with van der Waals surface area (Å²) in [6.07, 6.45) is 1.65. The van der Waals surface area contributed by atoms with Gasteiger partial charge in [0.15, 0.2) is 5.76 Å². The van der Waals surface area contributed by atoms with E-state index in [-0.39, 0.29) is 5.91 Å². The van der Waals surface area contributed by atoms with Crippen molar-refractivity contribution in [2.45, 2.75) is 6.54 Å². The molecule has 5 rings (SSSR count). The zero-order valence-electron chi connectivity index (χ0n) is 18.4. The zero-order chi connectivity index (χ0) is 22.5. The Morgan fingerprint density at radius 3 is 2.24 bits per heavy atom. The molecule has 1 fully saturated rings. The molecule has 0 saturated carbocycles. The minimum Gasteiger partial charge on any atom is -0.463 e. The summed E-state index contributed by atoms with van der Waals surface area (Å²) in [6, 6.07) is 26.1. The first-order valence-electron chi connectivity index (χ1n) is 11.2. The van der Waals surface area contributed by atoms with Crippen molar-refractivity contribution >= 4 is 11.6 Å². The highest BCUT2D eigenvalue weighted by atomic mass is 16.3. The van der Waals surface area contributed by atoms with E-state index in [2.05, 4.69) is 39.4 Å². The molecule has 0 spiro atoms. The third kappa shape index (κ3) is 4.99. The fourth-order valence-corrected chi connectivity index (χ4v) is 4.13. The lowest BCUT2D eigenvalue weighted by Crippen LogP contribution is -2.49. The van der Waals surface area contributed by atoms with Crippen LogP contribution in [0.4, 0.5) is 5.69 Å². The Labute approximate surface area is 193 Å². The van der Waals surface area contributed by atoms with Crippen LogP contribution in [0, 0.1) is 0 Å². The Hall–Kier alpha value is -3.84. The molecule has 1 N–H and O–H groups in total. The van der Waals surface area contributed by atoms with Gasteiger partial charge in [-0.1, -0.05) is 36.4 Å². The van der Waals surface area contributed by atoms with Gasteiger partial charge in [-0.2, -0.15) is 5.10 Å². The third-order valence-corrected chi connectivity index (χ3v) is 5.86. The summed E-state index contributed by atoms with van der Waals surface area (Å²) in [5, 5.41) is 7.75. The van der Waals surface area contributed by atoms with E-state index in [0.717, 1.165) is 49.0 Å². The standard InChI is InChI=1S/C26H27N5O2/c32-26(20-29-13-15-30(16-14-29)22-8-3-1-4-9-22)27-19-21-18-24(25-12-7-17-33-25)31(28-21)23-10-5-2-6-11-23/h1-12,17-18H,13-16,19-20H2,(H,27,32). The number of carbonyl (C=O) groups excluding carboxylic acids is 1. The molecule has 0 aliphatic carbocycles. The number of furan rings is 1. The second-order valence-corrected chi connectivity index (χ2v) is 8.12. The maximum atomic E-state index is 12.6. The fraction of sp³-hybridized carbons (Fsp3) is 0.231. The zero-order valence-corrected chi connectivity index (χ0v) is 18.4. The molecule has 1 aliphatic heterocycles. The highest BCUT2D eigenvalue weighted by Gasteiger charge is 2.20. The van der Waals surface area contributed by atoms with Crippen molar-refractivity contribution in [2.24, 2.45) is 0 Å². The lowest BCUT2D eigenvalue weighted by atomic mass is 10.2. The van der Waals surface area contributed by atoms with E-state index in [1.54, 1.807) is 6.26 Å². The van der Waals surface area contributed by atoms with Crippen molar-refractivity contribution in [3.8, 4) is 17.1 Å². The number of anilines is 1. The van der Waals surface area contributed by atoms with Crippen molar-refractivity contribution in [3.05, 3.63) is 90.8 Å². The molecule has 7 heteroatoms. The molecule has 2 aromatic heterocycles. The van der Waals surface area contributed by atoms with Crippen LogP contribution >= 0.6 is 0 Å². The number of hydrogen-bond donors (Lipinski definition) is 1. The summed E-state index contributed by atoms with van der Waals surface area (Å²) in [5.74, 6) is 0.747. The van der Waals surface area contributed by atoms with E-state index >= 15 is 0 Å². The van der Waals surface area contributed by atoms with Crippen LogP contribution in [0.5, 0.6) is 0 Å². The van der Waals surface area contributed by atoms with Crippen LogP contribution in [0.25, 0.3) is 17.1 Å². The molecule has 33 heavy (non-hydrogen) atoms. The van der Waals surface area contributed by atoms with Gasteiger partial charge in [-0.05, 0) is 42.5 Å². The van der Waals surface area contributed by atoms with Crippen molar-refractivity contribution in [3.63, 3.8) is 0 Å². The topological polar surface area (TPSA) is 66.5 Å². The van der Waals surface area contributed by atoms with E-state index in [0.29, 0.717) is 13.1 Å². The van der Waals surface area contributed by atoms with Gasteiger partial charge in [0.2, 0.25) is 5.91 Å². The molecule has 168 valence electrons. The smallest absolute Gasteiger partial charge is 0.234 e. The van der Waals surface area contributed by atoms with Gasteiger partial charge in [0.1, 0.15) is 5.69 Å². The molecule has 2 aromatic carbocycles. The molecular formula is C26H27N5O2. The Kier molecular flexibility index (Phi) is 6.21. The van der Waals surface area contributed by atoms with Crippen LogP contribution < -0.4 is 10.2 Å².